The second-order valence-electron chi connectivity index (χ2n) is 3.42. The summed E-state index contributed by atoms with van der Waals surface area (Å²) in [7, 11) is 0. The van der Waals surface area contributed by atoms with Crippen molar-refractivity contribution in [3.8, 4) is 0 Å². The molecule has 0 spiro atoms. The normalized spacial score (nSPS) is 10.1. The molecule has 0 saturated carbocycles. The van der Waals surface area contributed by atoms with Crippen LogP contribution in [0.5, 0.6) is 0 Å². The predicted molar refractivity (Wildman–Crippen MR) is 65.0 cm³/mol. The smallest absolute Gasteiger partial charge is 0.337 e. The summed E-state index contributed by atoms with van der Waals surface area (Å²) in [5, 5.41) is 17.6. The minimum Gasteiger partial charge on any atom is -0.478 e. The number of carboxylic acid groups (broad SMARTS) is 1. The maximum atomic E-state index is 11.7. The van der Waals surface area contributed by atoms with Gasteiger partial charge in [-0.2, -0.15) is 5.10 Å². The first-order valence-electron chi connectivity index (χ1n) is 4.91. The molecule has 0 saturated heterocycles. The standard InChI is InChI=1S/C11H8ClN3O3/c12-8-5-6(1-2-7(8)11(17)18)14-10(16)9-3-4-13-15-9/h1-5H,(H,13,15)(H,14,16)(H,17,18). The Bertz CT molecular complexity index is 596. The predicted octanol–water partition coefficient (Wildman–Crippen LogP) is 2.01. The zero-order valence-corrected chi connectivity index (χ0v) is 9.73. The van der Waals surface area contributed by atoms with E-state index in [1.165, 1.54) is 30.5 Å². The van der Waals surface area contributed by atoms with Crippen LogP contribution in [0.2, 0.25) is 5.02 Å². The molecule has 18 heavy (non-hydrogen) atoms. The SMILES string of the molecule is O=C(Nc1ccc(C(=O)O)c(Cl)c1)c1ccn[nH]1. The van der Waals surface area contributed by atoms with E-state index >= 15 is 0 Å². The van der Waals surface area contributed by atoms with Gasteiger partial charge in [-0.25, -0.2) is 4.79 Å². The number of nitrogens with one attached hydrogen (secondary N) is 2. The quantitative estimate of drug-likeness (QED) is 0.791. The van der Waals surface area contributed by atoms with Gasteiger partial charge in [-0.05, 0) is 24.3 Å². The highest BCUT2D eigenvalue weighted by atomic mass is 35.5. The van der Waals surface area contributed by atoms with Crippen LogP contribution in [0.4, 0.5) is 5.69 Å². The molecule has 6 nitrogen and oxygen atoms in total. The summed E-state index contributed by atoms with van der Waals surface area (Å²) in [6.07, 6.45) is 1.45. The summed E-state index contributed by atoms with van der Waals surface area (Å²) in [5.74, 6) is -1.50. The van der Waals surface area contributed by atoms with Gasteiger partial charge >= 0.3 is 5.97 Å². The van der Waals surface area contributed by atoms with Crippen molar-refractivity contribution in [1.82, 2.24) is 10.2 Å². The van der Waals surface area contributed by atoms with E-state index in [0.717, 1.165) is 0 Å². The van der Waals surface area contributed by atoms with E-state index in [0.29, 0.717) is 11.4 Å². The van der Waals surface area contributed by atoms with Crippen LogP contribution in [0.25, 0.3) is 0 Å². The summed E-state index contributed by atoms with van der Waals surface area (Å²) in [5.41, 5.74) is 0.689. The molecule has 92 valence electrons. The van der Waals surface area contributed by atoms with E-state index in [1.54, 1.807) is 0 Å². The van der Waals surface area contributed by atoms with Gasteiger partial charge in [-0.3, -0.25) is 9.89 Å². The molecule has 0 bridgehead atoms. The third kappa shape index (κ3) is 2.49. The van der Waals surface area contributed by atoms with Gasteiger partial charge < -0.3 is 10.4 Å². The Morgan fingerprint density at radius 2 is 2.11 bits per heavy atom. The number of H-pyrrole nitrogens is 1. The highest BCUT2D eigenvalue weighted by molar-refractivity contribution is 6.33. The highest BCUT2D eigenvalue weighted by Crippen LogP contribution is 2.21. The Labute approximate surface area is 107 Å². The Morgan fingerprint density at radius 1 is 1.33 bits per heavy atom. The summed E-state index contributed by atoms with van der Waals surface area (Å²) in [6, 6.07) is 5.68. The number of nitrogens with zero attached hydrogens (tertiary/aromatic N) is 1. The first-order valence-corrected chi connectivity index (χ1v) is 5.29. The van der Waals surface area contributed by atoms with Crippen molar-refractivity contribution in [3.63, 3.8) is 0 Å². The van der Waals surface area contributed by atoms with Gasteiger partial charge in [0.05, 0.1) is 10.6 Å². The van der Waals surface area contributed by atoms with Gasteiger partial charge in [0.25, 0.3) is 5.91 Å². The van der Waals surface area contributed by atoms with Gasteiger partial charge in [0.15, 0.2) is 0 Å². The number of carboxylic acids is 1. The summed E-state index contributed by atoms with van der Waals surface area (Å²) in [4.78, 5) is 22.4. The molecule has 0 fully saturated rings. The van der Waals surface area contributed by atoms with E-state index in [1.807, 2.05) is 0 Å². The van der Waals surface area contributed by atoms with Gasteiger partial charge in [0.2, 0.25) is 0 Å². The lowest BCUT2D eigenvalue weighted by molar-refractivity contribution is 0.0697. The minimum absolute atomic E-state index is 0.0174. The summed E-state index contributed by atoms with van der Waals surface area (Å²) in [6.45, 7) is 0. The van der Waals surface area contributed by atoms with Crippen molar-refractivity contribution in [2.45, 2.75) is 0 Å². The molecule has 0 atom stereocenters. The second-order valence-corrected chi connectivity index (χ2v) is 3.83. The molecule has 0 aliphatic heterocycles. The van der Waals surface area contributed by atoms with E-state index in [9.17, 15) is 9.59 Å². The van der Waals surface area contributed by atoms with Gasteiger partial charge in [0.1, 0.15) is 5.69 Å². The van der Waals surface area contributed by atoms with E-state index < -0.39 is 5.97 Å². The molecule has 2 rings (SSSR count). The molecule has 1 amide bonds. The number of rotatable bonds is 3. The molecular formula is C11H8ClN3O3. The molecule has 0 radical (unpaired) electrons. The lowest BCUT2D eigenvalue weighted by Crippen LogP contribution is -2.12. The number of aromatic amines is 1. The number of aromatic carboxylic acids is 1. The third-order valence-corrected chi connectivity index (χ3v) is 2.52. The molecule has 1 heterocycles. The van der Waals surface area contributed by atoms with Crippen molar-refractivity contribution in [3.05, 3.63) is 46.7 Å². The van der Waals surface area contributed by atoms with E-state index in [-0.39, 0.29) is 16.5 Å². The molecule has 0 unspecified atom stereocenters. The van der Waals surface area contributed by atoms with Crippen molar-refractivity contribution < 1.29 is 14.7 Å². The second kappa shape index (κ2) is 4.89. The fraction of sp³-hybridized carbons (Fsp3) is 0. The van der Waals surface area contributed by atoms with Crippen molar-refractivity contribution >= 4 is 29.2 Å². The van der Waals surface area contributed by atoms with Gasteiger partial charge in [-0.1, -0.05) is 11.6 Å². The van der Waals surface area contributed by atoms with Crippen LogP contribution in [0, 0.1) is 0 Å². The Hall–Kier alpha value is -2.34. The van der Waals surface area contributed by atoms with Crippen LogP contribution < -0.4 is 5.32 Å². The Morgan fingerprint density at radius 3 is 2.67 bits per heavy atom. The Balaban J connectivity index is 2.18. The first-order chi connectivity index (χ1) is 8.58. The highest BCUT2D eigenvalue weighted by Gasteiger charge is 2.11. The average molecular weight is 266 g/mol. The zero-order chi connectivity index (χ0) is 13.1. The number of carbonyl (C=O) groups excluding carboxylic acids is 1. The number of anilines is 1. The maximum absolute atomic E-state index is 11.7. The monoisotopic (exact) mass is 265 g/mol. The van der Waals surface area contributed by atoms with Crippen molar-refractivity contribution in [1.29, 1.82) is 0 Å². The van der Waals surface area contributed by atoms with E-state index in [4.69, 9.17) is 16.7 Å². The fourth-order valence-corrected chi connectivity index (χ4v) is 1.61. The summed E-state index contributed by atoms with van der Waals surface area (Å²) < 4.78 is 0. The number of aromatic nitrogens is 2. The molecule has 2 aromatic rings. The lowest BCUT2D eigenvalue weighted by Gasteiger charge is -2.05. The number of amides is 1. The fourth-order valence-electron chi connectivity index (χ4n) is 1.35. The van der Waals surface area contributed by atoms with Crippen LogP contribution in [-0.4, -0.2) is 27.2 Å². The average Bonchev–Trinajstić information content (AvgIpc) is 2.81. The third-order valence-electron chi connectivity index (χ3n) is 2.20. The van der Waals surface area contributed by atoms with Crippen LogP contribution >= 0.6 is 11.6 Å². The van der Waals surface area contributed by atoms with Crippen molar-refractivity contribution in [2.24, 2.45) is 0 Å². The largest absolute Gasteiger partial charge is 0.478 e. The minimum atomic E-state index is -1.12. The molecule has 0 aliphatic carbocycles. The zero-order valence-electron chi connectivity index (χ0n) is 8.98. The number of halogens is 1. The molecule has 3 N–H and O–H groups in total. The van der Waals surface area contributed by atoms with Gasteiger partial charge in [-0.15, -0.1) is 0 Å². The van der Waals surface area contributed by atoms with Gasteiger partial charge in [0, 0.05) is 11.9 Å². The van der Waals surface area contributed by atoms with Crippen LogP contribution in [0.1, 0.15) is 20.8 Å². The van der Waals surface area contributed by atoms with Crippen molar-refractivity contribution in [2.75, 3.05) is 5.32 Å². The number of carbonyl (C=O) groups is 2. The van der Waals surface area contributed by atoms with Crippen LogP contribution in [0.3, 0.4) is 0 Å². The summed E-state index contributed by atoms with van der Waals surface area (Å²) >= 11 is 5.78. The van der Waals surface area contributed by atoms with Crippen LogP contribution in [-0.2, 0) is 0 Å². The lowest BCUT2D eigenvalue weighted by atomic mass is 10.2. The van der Waals surface area contributed by atoms with E-state index in [2.05, 4.69) is 15.5 Å². The topological polar surface area (TPSA) is 95.1 Å². The first kappa shape index (κ1) is 12.1. The number of hydrogen-bond acceptors (Lipinski definition) is 3. The molecule has 1 aromatic carbocycles. The van der Waals surface area contributed by atoms with Crippen LogP contribution in [0.15, 0.2) is 30.5 Å². The molecular weight excluding hydrogens is 258 g/mol. The molecule has 1 aromatic heterocycles. The molecule has 0 aliphatic rings. The maximum Gasteiger partial charge on any atom is 0.337 e. The number of benzene rings is 1. The number of hydrogen-bond donors (Lipinski definition) is 3. The molecule has 7 heteroatoms. The Kier molecular flexibility index (Phi) is 3.29.